The molecule has 1 amide bonds. The van der Waals surface area contributed by atoms with Crippen LogP contribution < -0.4 is 24.3 Å². The first-order valence-electron chi connectivity index (χ1n) is 12.2. The summed E-state index contributed by atoms with van der Waals surface area (Å²) in [5, 5.41) is 4.72. The van der Waals surface area contributed by atoms with Crippen molar-refractivity contribution in [3.8, 4) is 23.0 Å². The fraction of sp³-hybridized carbons (Fsp3) is 0.129. The largest absolute Gasteiger partial charge is 0.497 e. The maximum Gasteiger partial charge on any atom is 0.265 e. The van der Waals surface area contributed by atoms with Gasteiger partial charge in [-0.1, -0.05) is 6.08 Å². The number of nitrogens with one attached hydrogen (secondary N) is 1. The molecule has 0 aliphatic rings. The Kier molecular flexibility index (Phi) is 7.65. The maximum atomic E-state index is 12.9. The van der Waals surface area contributed by atoms with E-state index in [9.17, 15) is 9.59 Å². The quantitative estimate of drug-likeness (QED) is 0.161. The summed E-state index contributed by atoms with van der Waals surface area (Å²) < 4.78 is 21.4. The predicted molar refractivity (Wildman–Crippen MR) is 158 cm³/mol. The van der Waals surface area contributed by atoms with E-state index in [-0.39, 0.29) is 11.7 Å². The van der Waals surface area contributed by atoms with Gasteiger partial charge in [-0.05, 0) is 78.4 Å². The summed E-state index contributed by atoms with van der Waals surface area (Å²) in [7, 11) is 6.22. The van der Waals surface area contributed by atoms with E-state index < -0.39 is 0 Å². The van der Waals surface area contributed by atoms with Crippen LogP contribution in [-0.4, -0.2) is 45.1 Å². The van der Waals surface area contributed by atoms with Gasteiger partial charge in [0, 0.05) is 22.0 Å². The van der Waals surface area contributed by atoms with Gasteiger partial charge < -0.3 is 24.3 Å². The van der Waals surface area contributed by atoms with Crippen molar-refractivity contribution in [1.29, 1.82) is 0 Å². The molecule has 0 aliphatic carbocycles. The average molecular weight is 555 g/mol. The number of ether oxygens (including phenoxy) is 4. The molecule has 0 saturated heterocycles. The molecule has 202 valence electrons. The Bertz CT molecular complexity index is 1730. The number of benzene rings is 3. The number of allylic oxidation sites excluding steroid dienone is 1. The molecular weight excluding hydrogens is 528 g/mol. The van der Waals surface area contributed by atoms with Gasteiger partial charge in [0.2, 0.25) is 5.75 Å². The molecule has 0 fully saturated rings. The maximum absolute atomic E-state index is 12.9. The summed E-state index contributed by atoms with van der Waals surface area (Å²) >= 11 is 1.33. The molecule has 0 radical (unpaired) electrons. The second-order valence-corrected chi connectivity index (χ2v) is 9.77. The molecule has 0 atom stereocenters. The van der Waals surface area contributed by atoms with Gasteiger partial charge in [-0.25, -0.2) is 4.98 Å². The van der Waals surface area contributed by atoms with Crippen LogP contribution in [0, 0.1) is 0 Å². The number of ketones is 1. The topological polar surface area (TPSA) is 96.0 Å². The molecular formula is C31H26N2O6S. The summed E-state index contributed by atoms with van der Waals surface area (Å²) in [6, 6.07) is 19.8. The van der Waals surface area contributed by atoms with Gasteiger partial charge >= 0.3 is 0 Å². The molecule has 1 N–H and O–H groups in total. The third-order valence-electron chi connectivity index (χ3n) is 6.27. The van der Waals surface area contributed by atoms with Crippen LogP contribution in [0.2, 0.25) is 0 Å². The highest BCUT2D eigenvalue weighted by Gasteiger charge is 2.14. The molecule has 5 rings (SSSR count). The van der Waals surface area contributed by atoms with Gasteiger partial charge in [-0.2, -0.15) is 0 Å². The van der Waals surface area contributed by atoms with E-state index in [0.717, 1.165) is 32.4 Å². The van der Waals surface area contributed by atoms with E-state index in [0.29, 0.717) is 33.4 Å². The Balaban J connectivity index is 1.28. The van der Waals surface area contributed by atoms with Crippen LogP contribution in [0.5, 0.6) is 23.0 Å². The minimum Gasteiger partial charge on any atom is -0.497 e. The number of rotatable bonds is 9. The third kappa shape index (κ3) is 5.45. The molecule has 8 nitrogen and oxygen atoms in total. The van der Waals surface area contributed by atoms with Gasteiger partial charge in [0.1, 0.15) is 10.6 Å². The highest BCUT2D eigenvalue weighted by Crippen LogP contribution is 2.38. The molecule has 0 spiro atoms. The molecule has 0 bridgehead atoms. The van der Waals surface area contributed by atoms with Crippen molar-refractivity contribution in [2.75, 3.05) is 33.8 Å². The first kappa shape index (κ1) is 26.7. The number of aromatic nitrogens is 1. The van der Waals surface area contributed by atoms with Crippen molar-refractivity contribution >= 4 is 55.9 Å². The number of nitrogens with zero attached hydrogens (tertiary/aromatic N) is 1. The lowest BCUT2D eigenvalue weighted by Crippen LogP contribution is -2.10. The van der Waals surface area contributed by atoms with E-state index in [2.05, 4.69) is 10.3 Å². The fourth-order valence-corrected chi connectivity index (χ4v) is 5.15. The van der Waals surface area contributed by atoms with E-state index >= 15 is 0 Å². The Morgan fingerprint density at radius 1 is 0.800 bits per heavy atom. The molecule has 0 saturated carbocycles. The standard InChI is InChI=1S/C31H26N2O6S/c1-36-23-10-11-24-20(16-23)15-21-17-28(40-31(21)33-24)30(35)32-22-8-6-19(7-9-22)25(34)12-5-18-13-26(37-2)29(39-4)27(14-18)38-3/h5-17H,1-4H3,(H,32,35)/b12-5+. The van der Waals surface area contributed by atoms with Crippen molar-refractivity contribution in [3.63, 3.8) is 0 Å². The second kappa shape index (κ2) is 11.5. The monoisotopic (exact) mass is 554 g/mol. The molecule has 5 aromatic rings. The lowest BCUT2D eigenvalue weighted by molar-refractivity contribution is 0.102. The molecule has 2 heterocycles. The number of carbonyl (C=O) groups is 2. The number of anilines is 1. The summed E-state index contributed by atoms with van der Waals surface area (Å²) in [4.78, 5) is 31.7. The van der Waals surface area contributed by atoms with Gasteiger partial charge in [-0.3, -0.25) is 9.59 Å². The summed E-state index contributed by atoms with van der Waals surface area (Å²) in [5.74, 6) is 1.79. The zero-order valence-corrected chi connectivity index (χ0v) is 23.1. The van der Waals surface area contributed by atoms with E-state index in [1.165, 1.54) is 38.7 Å². The number of methoxy groups -OCH3 is 4. The lowest BCUT2D eigenvalue weighted by atomic mass is 10.1. The Labute approximate surface area is 234 Å². The van der Waals surface area contributed by atoms with Crippen LogP contribution in [-0.2, 0) is 0 Å². The number of fused-ring (bicyclic) bond motifs is 2. The van der Waals surface area contributed by atoms with E-state index in [1.54, 1.807) is 49.6 Å². The molecule has 40 heavy (non-hydrogen) atoms. The summed E-state index contributed by atoms with van der Waals surface area (Å²) in [6.07, 6.45) is 3.15. The number of hydrogen-bond donors (Lipinski definition) is 1. The Morgan fingerprint density at radius 3 is 2.17 bits per heavy atom. The number of thiophene rings is 1. The van der Waals surface area contributed by atoms with Crippen LogP contribution >= 0.6 is 11.3 Å². The van der Waals surface area contributed by atoms with Crippen LogP contribution in [0.1, 0.15) is 25.6 Å². The van der Waals surface area contributed by atoms with Crippen molar-refractivity contribution in [2.45, 2.75) is 0 Å². The van der Waals surface area contributed by atoms with Crippen LogP contribution in [0.4, 0.5) is 5.69 Å². The minimum absolute atomic E-state index is 0.189. The Morgan fingerprint density at radius 2 is 1.52 bits per heavy atom. The molecule has 3 aromatic carbocycles. The van der Waals surface area contributed by atoms with Crippen LogP contribution in [0.15, 0.2) is 72.8 Å². The molecule has 2 aromatic heterocycles. The van der Waals surface area contributed by atoms with E-state index in [1.807, 2.05) is 30.3 Å². The number of carbonyl (C=O) groups excluding carboxylic acids is 2. The smallest absolute Gasteiger partial charge is 0.265 e. The molecule has 0 aliphatic heterocycles. The van der Waals surface area contributed by atoms with Crippen LogP contribution in [0.3, 0.4) is 0 Å². The average Bonchev–Trinajstić information content (AvgIpc) is 3.41. The third-order valence-corrected chi connectivity index (χ3v) is 7.32. The van der Waals surface area contributed by atoms with Crippen LogP contribution in [0.25, 0.3) is 27.2 Å². The van der Waals surface area contributed by atoms with Crippen molar-refractivity contribution in [1.82, 2.24) is 4.98 Å². The SMILES string of the molecule is COc1ccc2nc3sc(C(=O)Nc4ccc(C(=O)/C=C/c5cc(OC)c(OC)c(OC)c5)cc4)cc3cc2c1. The number of amides is 1. The number of pyridine rings is 1. The summed E-state index contributed by atoms with van der Waals surface area (Å²) in [5.41, 5.74) is 2.61. The highest BCUT2D eigenvalue weighted by atomic mass is 32.1. The molecule has 0 unspecified atom stereocenters. The van der Waals surface area contributed by atoms with Crippen molar-refractivity contribution < 1.29 is 28.5 Å². The van der Waals surface area contributed by atoms with Crippen molar-refractivity contribution in [2.24, 2.45) is 0 Å². The zero-order valence-electron chi connectivity index (χ0n) is 22.3. The second-order valence-electron chi connectivity index (χ2n) is 8.74. The highest BCUT2D eigenvalue weighted by molar-refractivity contribution is 7.20. The normalized spacial score (nSPS) is 11.1. The van der Waals surface area contributed by atoms with Gasteiger partial charge in [0.15, 0.2) is 17.3 Å². The van der Waals surface area contributed by atoms with Gasteiger partial charge in [0.25, 0.3) is 5.91 Å². The zero-order chi connectivity index (χ0) is 28.2. The minimum atomic E-state index is -0.244. The predicted octanol–water partition coefficient (Wildman–Crippen LogP) is 6.63. The fourth-order valence-electron chi connectivity index (χ4n) is 4.23. The van der Waals surface area contributed by atoms with Gasteiger partial charge in [0.05, 0.1) is 38.8 Å². The Hall–Kier alpha value is -4.89. The van der Waals surface area contributed by atoms with E-state index in [4.69, 9.17) is 18.9 Å². The number of hydrogen-bond acceptors (Lipinski definition) is 8. The summed E-state index contributed by atoms with van der Waals surface area (Å²) in [6.45, 7) is 0. The van der Waals surface area contributed by atoms with Crippen molar-refractivity contribution in [3.05, 3.63) is 88.8 Å². The lowest BCUT2D eigenvalue weighted by Gasteiger charge is -2.12. The first-order valence-corrected chi connectivity index (χ1v) is 13.1. The van der Waals surface area contributed by atoms with Gasteiger partial charge in [-0.15, -0.1) is 11.3 Å². The molecule has 9 heteroatoms. The first-order chi connectivity index (χ1) is 19.4.